The first-order valence-corrected chi connectivity index (χ1v) is 10.9. The Kier molecular flexibility index (Phi) is 5.27. The average Bonchev–Trinajstić information content (AvgIpc) is 3.34. The second kappa shape index (κ2) is 7.72. The Labute approximate surface area is 178 Å². The molecule has 2 heterocycles. The summed E-state index contributed by atoms with van der Waals surface area (Å²) in [4.78, 5) is 0.754. The van der Waals surface area contributed by atoms with Gasteiger partial charge in [-0.15, -0.1) is 11.3 Å². The van der Waals surface area contributed by atoms with Crippen LogP contribution in [0.1, 0.15) is 29.9 Å². The van der Waals surface area contributed by atoms with Crippen LogP contribution in [0.4, 0.5) is 10.1 Å². The fourth-order valence-corrected chi connectivity index (χ4v) is 5.50. The van der Waals surface area contributed by atoms with Crippen LogP contribution in [0.3, 0.4) is 0 Å². The van der Waals surface area contributed by atoms with Crippen LogP contribution in [0, 0.1) is 0 Å². The minimum absolute atomic E-state index is 0.135. The van der Waals surface area contributed by atoms with Crippen molar-refractivity contribution in [1.29, 1.82) is 0 Å². The Morgan fingerprint density at radius 2 is 1.86 bits per heavy atom. The molecule has 0 unspecified atom stereocenters. The highest BCUT2D eigenvalue weighted by Gasteiger charge is 2.22. The highest BCUT2D eigenvalue weighted by Crippen LogP contribution is 2.40. The third kappa shape index (κ3) is 4.11. The van der Waals surface area contributed by atoms with Crippen molar-refractivity contribution in [2.75, 3.05) is 10.8 Å². The lowest BCUT2D eigenvalue weighted by Gasteiger charge is -2.17. The van der Waals surface area contributed by atoms with E-state index in [1.54, 1.807) is 25.8 Å². The average molecular weight is 428 g/mol. The number of oxime groups is 1. The summed E-state index contributed by atoms with van der Waals surface area (Å²) in [5, 5.41) is 11.9. The van der Waals surface area contributed by atoms with Crippen LogP contribution in [-0.2, 0) is 12.1 Å². The molecule has 29 heavy (non-hydrogen) atoms. The smallest absolute Gasteiger partial charge is 0.180 e. The van der Waals surface area contributed by atoms with Crippen molar-refractivity contribution in [3.63, 3.8) is 0 Å². The van der Waals surface area contributed by atoms with E-state index < -0.39 is 5.67 Å². The Morgan fingerprint density at radius 3 is 2.55 bits per heavy atom. The highest BCUT2D eigenvalue weighted by atomic mass is 32.2. The highest BCUT2D eigenvalue weighted by molar-refractivity contribution is 8.02. The van der Waals surface area contributed by atoms with E-state index in [9.17, 15) is 4.39 Å². The molecule has 0 saturated heterocycles. The fourth-order valence-electron chi connectivity index (χ4n) is 3.37. The van der Waals surface area contributed by atoms with Gasteiger partial charge in [-0.2, -0.15) is 0 Å². The van der Waals surface area contributed by atoms with E-state index in [0.29, 0.717) is 5.56 Å². The van der Waals surface area contributed by atoms with E-state index in [1.165, 1.54) is 22.6 Å². The van der Waals surface area contributed by atoms with E-state index in [1.807, 2.05) is 36.4 Å². The zero-order valence-corrected chi connectivity index (χ0v) is 17.9. The molecule has 0 atom stereocenters. The van der Waals surface area contributed by atoms with Crippen molar-refractivity contribution in [3.05, 3.63) is 70.6 Å². The molecule has 3 aromatic rings. The van der Waals surface area contributed by atoms with E-state index in [0.717, 1.165) is 33.2 Å². The van der Waals surface area contributed by atoms with E-state index in [2.05, 4.69) is 27.7 Å². The molecule has 150 valence electrons. The second-order valence-corrected chi connectivity index (χ2v) is 9.85. The third-order valence-electron chi connectivity index (χ3n) is 4.98. The molecule has 1 aromatic heterocycles. The number of anilines is 1. The van der Waals surface area contributed by atoms with Gasteiger partial charge in [0.1, 0.15) is 5.67 Å². The molecule has 0 radical (unpaired) electrons. The molecule has 0 amide bonds. The summed E-state index contributed by atoms with van der Waals surface area (Å²) in [7, 11) is 0. The third-order valence-corrected chi connectivity index (χ3v) is 7.27. The number of alkyl halides is 1. The summed E-state index contributed by atoms with van der Waals surface area (Å²) in [6.07, 6.45) is 0.976. The van der Waals surface area contributed by atoms with Crippen molar-refractivity contribution in [3.8, 4) is 11.1 Å². The standard InChI is InChI=1S/C22H22FN3OS2/c1-22(2,23)17-6-3-14(4-7-17)15-5-8-18-16(13-15)11-12-26(18)29-20-10-9-19(28-20)21(24)25-27/h3-10,13,27H,11-12H2,1-2H3,(H2,24,25). The lowest BCUT2D eigenvalue weighted by molar-refractivity contribution is 0.221. The molecule has 0 aliphatic carbocycles. The molecular weight excluding hydrogens is 405 g/mol. The fraction of sp³-hybridized carbons (Fsp3) is 0.227. The number of hydrogen-bond donors (Lipinski definition) is 2. The second-order valence-electron chi connectivity index (χ2n) is 7.44. The normalized spacial score (nSPS) is 14.3. The maximum atomic E-state index is 14.1. The zero-order chi connectivity index (χ0) is 20.6. The van der Waals surface area contributed by atoms with E-state index >= 15 is 0 Å². The number of amidine groups is 1. The molecule has 3 N–H and O–H groups in total. The predicted molar refractivity (Wildman–Crippen MR) is 120 cm³/mol. The van der Waals surface area contributed by atoms with Gasteiger partial charge in [0.2, 0.25) is 0 Å². The van der Waals surface area contributed by atoms with Gasteiger partial charge in [-0.25, -0.2) is 4.39 Å². The minimum Gasteiger partial charge on any atom is -0.409 e. The number of nitrogens with zero attached hydrogens (tertiary/aromatic N) is 2. The first-order chi connectivity index (χ1) is 13.8. The Morgan fingerprint density at radius 1 is 1.14 bits per heavy atom. The number of nitrogens with two attached hydrogens (primary N) is 1. The summed E-state index contributed by atoms with van der Waals surface area (Å²) in [6.45, 7) is 4.07. The van der Waals surface area contributed by atoms with Crippen molar-refractivity contribution >= 4 is 34.8 Å². The lowest BCUT2D eigenvalue weighted by atomic mass is 9.96. The maximum Gasteiger partial charge on any atom is 0.180 e. The molecule has 0 spiro atoms. The molecule has 1 aliphatic rings. The van der Waals surface area contributed by atoms with E-state index in [4.69, 9.17) is 10.9 Å². The summed E-state index contributed by atoms with van der Waals surface area (Å²) >= 11 is 3.17. The molecule has 4 rings (SSSR count). The van der Waals surface area contributed by atoms with Gasteiger partial charge >= 0.3 is 0 Å². The summed E-state index contributed by atoms with van der Waals surface area (Å²) in [6, 6.07) is 18.0. The first-order valence-electron chi connectivity index (χ1n) is 9.31. The van der Waals surface area contributed by atoms with Gasteiger partial charge in [0.15, 0.2) is 5.84 Å². The zero-order valence-electron chi connectivity index (χ0n) is 16.2. The molecule has 0 saturated carbocycles. The lowest BCUT2D eigenvalue weighted by Crippen LogP contribution is -2.10. The number of thiophene rings is 1. The largest absolute Gasteiger partial charge is 0.409 e. The SMILES string of the molecule is CC(C)(F)c1ccc(-c2ccc3c(c2)CCN3Sc2ccc(/C(N)=N/O)s2)cc1. The van der Waals surface area contributed by atoms with Crippen molar-refractivity contribution < 1.29 is 9.60 Å². The van der Waals surface area contributed by atoms with Crippen molar-refractivity contribution in [1.82, 2.24) is 0 Å². The topological polar surface area (TPSA) is 61.8 Å². The molecule has 2 aromatic carbocycles. The van der Waals surface area contributed by atoms with Crippen LogP contribution in [0.5, 0.6) is 0 Å². The number of rotatable bonds is 5. The van der Waals surface area contributed by atoms with Crippen LogP contribution in [0.25, 0.3) is 11.1 Å². The van der Waals surface area contributed by atoms with Gasteiger partial charge in [0, 0.05) is 6.54 Å². The van der Waals surface area contributed by atoms with Gasteiger partial charge in [-0.05, 0) is 78.7 Å². The van der Waals surface area contributed by atoms with Crippen LogP contribution in [-0.4, -0.2) is 17.6 Å². The molecule has 0 fully saturated rings. The van der Waals surface area contributed by atoms with Gasteiger partial charge in [0.05, 0.1) is 14.8 Å². The first kappa shape index (κ1) is 19.8. The predicted octanol–water partition coefficient (Wildman–Crippen LogP) is 5.78. The van der Waals surface area contributed by atoms with Crippen LogP contribution in [0.15, 0.2) is 64.0 Å². The van der Waals surface area contributed by atoms with Gasteiger partial charge in [0.25, 0.3) is 0 Å². The van der Waals surface area contributed by atoms with Gasteiger partial charge in [-0.1, -0.05) is 35.5 Å². The number of halogens is 1. The van der Waals surface area contributed by atoms with Crippen LogP contribution >= 0.6 is 23.3 Å². The summed E-state index contributed by atoms with van der Waals surface area (Å²) in [5.74, 6) is 0.135. The Balaban J connectivity index is 1.52. The van der Waals surface area contributed by atoms with E-state index in [-0.39, 0.29) is 5.84 Å². The Hall–Kier alpha value is -2.51. The van der Waals surface area contributed by atoms with Crippen molar-refractivity contribution in [2.45, 2.75) is 30.1 Å². The molecule has 1 aliphatic heterocycles. The number of fused-ring (bicyclic) bond motifs is 1. The minimum atomic E-state index is -1.33. The summed E-state index contributed by atoms with van der Waals surface area (Å²) in [5.41, 5.74) is 9.77. The van der Waals surface area contributed by atoms with Crippen LogP contribution in [0.2, 0.25) is 0 Å². The quantitative estimate of drug-likeness (QED) is 0.178. The maximum absolute atomic E-state index is 14.1. The molecule has 4 nitrogen and oxygen atoms in total. The molecule has 0 bridgehead atoms. The van der Waals surface area contributed by atoms with Crippen molar-refractivity contribution in [2.24, 2.45) is 10.9 Å². The monoisotopic (exact) mass is 427 g/mol. The van der Waals surface area contributed by atoms with Gasteiger partial charge < -0.3 is 15.2 Å². The number of benzene rings is 2. The van der Waals surface area contributed by atoms with Crippen LogP contribution < -0.4 is 10.0 Å². The van der Waals surface area contributed by atoms with Gasteiger partial charge in [-0.3, -0.25) is 0 Å². The Bertz CT molecular complexity index is 1050. The molecular formula is C22H22FN3OS2. The summed E-state index contributed by atoms with van der Waals surface area (Å²) < 4.78 is 17.5. The number of hydrogen-bond acceptors (Lipinski definition) is 5. The molecule has 7 heteroatoms.